The van der Waals surface area contributed by atoms with Crippen molar-refractivity contribution in [3.8, 4) is 11.4 Å². The van der Waals surface area contributed by atoms with Crippen LogP contribution in [0.1, 0.15) is 26.2 Å². The van der Waals surface area contributed by atoms with Crippen LogP contribution < -0.4 is 5.32 Å². The fourth-order valence-corrected chi connectivity index (χ4v) is 2.00. The van der Waals surface area contributed by atoms with Crippen LogP contribution in [0.15, 0.2) is 34.9 Å². The number of hydrogen-bond acceptors (Lipinski definition) is 6. The minimum atomic E-state index is -1.07. The summed E-state index contributed by atoms with van der Waals surface area (Å²) in [5, 5.41) is 6.50. The third-order valence-electron chi connectivity index (χ3n) is 3.21. The predicted octanol–water partition coefficient (Wildman–Crippen LogP) is 1.74. The maximum absolute atomic E-state index is 11.9. The molecule has 0 bridgehead atoms. The van der Waals surface area contributed by atoms with Crippen molar-refractivity contribution in [2.45, 2.75) is 32.2 Å². The lowest BCUT2D eigenvalue weighted by Crippen LogP contribution is -2.50. The maximum atomic E-state index is 11.9. The minimum absolute atomic E-state index is 0.136. The Balaban J connectivity index is 1.90. The molecule has 0 spiro atoms. The van der Waals surface area contributed by atoms with E-state index in [0.29, 0.717) is 18.1 Å². The normalized spacial score (nSPS) is 11.1. The summed E-state index contributed by atoms with van der Waals surface area (Å²) in [6, 6.07) is 9.42. The molecule has 2 aromatic rings. The summed E-state index contributed by atoms with van der Waals surface area (Å²) in [4.78, 5) is 27.7. The zero-order valence-electron chi connectivity index (χ0n) is 13.3. The van der Waals surface area contributed by atoms with E-state index in [-0.39, 0.29) is 12.3 Å². The van der Waals surface area contributed by atoms with Crippen LogP contribution in [-0.2, 0) is 20.7 Å². The van der Waals surface area contributed by atoms with Gasteiger partial charge in [0.1, 0.15) is 5.54 Å². The van der Waals surface area contributed by atoms with Crippen molar-refractivity contribution in [1.82, 2.24) is 15.5 Å². The molecular formula is C16H19N3O4. The fourth-order valence-electron chi connectivity index (χ4n) is 2.00. The molecule has 0 unspecified atom stereocenters. The average molecular weight is 317 g/mol. The molecule has 122 valence electrons. The van der Waals surface area contributed by atoms with E-state index in [4.69, 9.17) is 4.52 Å². The van der Waals surface area contributed by atoms with Crippen LogP contribution in [0.4, 0.5) is 0 Å². The lowest BCUT2D eigenvalue weighted by Gasteiger charge is -2.22. The molecule has 0 saturated heterocycles. The van der Waals surface area contributed by atoms with Crippen LogP contribution in [0, 0.1) is 0 Å². The zero-order valence-corrected chi connectivity index (χ0v) is 13.3. The minimum Gasteiger partial charge on any atom is -0.467 e. The van der Waals surface area contributed by atoms with Gasteiger partial charge in [0.05, 0.1) is 7.11 Å². The van der Waals surface area contributed by atoms with E-state index in [1.165, 1.54) is 7.11 Å². The number of benzene rings is 1. The van der Waals surface area contributed by atoms with Crippen molar-refractivity contribution in [3.05, 3.63) is 36.2 Å². The fraction of sp³-hybridized carbons (Fsp3) is 0.375. The van der Waals surface area contributed by atoms with Crippen molar-refractivity contribution >= 4 is 11.9 Å². The average Bonchev–Trinajstić information content (AvgIpc) is 3.01. The molecule has 23 heavy (non-hydrogen) atoms. The van der Waals surface area contributed by atoms with E-state index in [9.17, 15) is 9.59 Å². The van der Waals surface area contributed by atoms with Gasteiger partial charge >= 0.3 is 5.97 Å². The number of hydrogen-bond donors (Lipinski definition) is 1. The van der Waals surface area contributed by atoms with E-state index >= 15 is 0 Å². The Hall–Kier alpha value is -2.70. The van der Waals surface area contributed by atoms with Crippen LogP contribution in [0.5, 0.6) is 0 Å². The van der Waals surface area contributed by atoms with Crippen LogP contribution in [0.25, 0.3) is 11.4 Å². The number of amides is 1. The molecule has 1 amide bonds. The maximum Gasteiger partial charge on any atom is 0.330 e. The molecule has 0 saturated carbocycles. The molecule has 0 fully saturated rings. The van der Waals surface area contributed by atoms with Crippen molar-refractivity contribution < 1.29 is 18.8 Å². The first-order valence-electron chi connectivity index (χ1n) is 7.20. The van der Waals surface area contributed by atoms with Crippen LogP contribution in [-0.4, -0.2) is 34.7 Å². The standard InChI is InChI=1S/C16H19N3O4/c1-16(2,15(21)22-3)18-12(20)9-10-13-17-14(19-23-13)11-7-5-4-6-8-11/h4-8H,9-10H2,1-3H3,(H,18,20). The predicted molar refractivity (Wildman–Crippen MR) is 82.3 cm³/mol. The highest BCUT2D eigenvalue weighted by Crippen LogP contribution is 2.15. The first kappa shape index (κ1) is 16.7. The van der Waals surface area contributed by atoms with Gasteiger partial charge in [0.15, 0.2) is 0 Å². The number of nitrogens with one attached hydrogen (secondary N) is 1. The molecule has 0 radical (unpaired) electrons. The second-order valence-electron chi connectivity index (χ2n) is 5.54. The number of nitrogens with zero attached hydrogens (tertiary/aromatic N) is 2. The number of carbonyl (C=O) groups excluding carboxylic acids is 2. The molecule has 1 aromatic heterocycles. The number of esters is 1. The number of methoxy groups -OCH3 is 1. The Bertz CT molecular complexity index is 680. The zero-order chi connectivity index (χ0) is 16.9. The van der Waals surface area contributed by atoms with Gasteiger partial charge in [-0.3, -0.25) is 4.79 Å². The molecule has 1 heterocycles. The van der Waals surface area contributed by atoms with Crippen LogP contribution in [0.2, 0.25) is 0 Å². The largest absolute Gasteiger partial charge is 0.467 e. The van der Waals surface area contributed by atoms with Crippen molar-refractivity contribution in [3.63, 3.8) is 0 Å². The quantitative estimate of drug-likeness (QED) is 0.816. The van der Waals surface area contributed by atoms with Gasteiger partial charge in [-0.1, -0.05) is 35.5 Å². The first-order valence-corrected chi connectivity index (χ1v) is 7.20. The number of carbonyl (C=O) groups is 2. The molecule has 2 rings (SSSR count). The Morgan fingerprint density at radius 1 is 1.26 bits per heavy atom. The Morgan fingerprint density at radius 2 is 1.96 bits per heavy atom. The number of aromatic nitrogens is 2. The number of rotatable bonds is 6. The Morgan fingerprint density at radius 3 is 2.61 bits per heavy atom. The Labute approximate surface area is 134 Å². The van der Waals surface area contributed by atoms with Gasteiger partial charge in [0, 0.05) is 18.4 Å². The van der Waals surface area contributed by atoms with E-state index < -0.39 is 11.5 Å². The second-order valence-corrected chi connectivity index (χ2v) is 5.54. The van der Waals surface area contributed by atoms with Gasteiger partial charge in [0.25, 0.3) is 0 Å². The molecule has 0 aliphatic heterocycles. The highest BCUT2D eigenvalue weighted by Gasteiger charge is 2.30. The van der Waals surface area contributed by atoms with Gasteiger partial charge in [-0.15, -0.1) is 0 Å². The van der Waals surface area contributed by atoms with Gasteiger partial charge in [-0.25, -0.2) is 4.79 Å². The van der Waals surface area contributed by atoms with Crippen molar-refractivity contribution in [1.29, 1.82) is 0 Å². The second kappa shape index (κ2) is 7.04. The van der Waals surface area contributed by atoms with E-state index in [1.807, 2.05) is 30.3 Å². The highest BCUT2D eigenvalue weighted by atomic mass is 16.5. The Kier molecular flexibility index (Phi) is 5.10. The molecular weight excluding hydrogens is 298 g/mol. The lowest BCUT2D eigenvalue weighted by molar-refractivity contribution is -0.149. The summed E-state index contributed by atoms with van der Waals surface area (Å²) in [7, 11) is 1.28. The SMILES string of the molecule is COC(=O)C(C)(C)NC(=O)CCc1nc(-c2ccccc2)no1. The summed E-state index contributed by atoms with van der Waals surface area (Å²) < 4.78 is 9.77. The molecule has 1 N–H and O–H groups in total. The van der Waals surface area contributed by atoms with Crippen LogP contribution >= 0.6 is 0 Å². The van der Waals surface area contributed by atoms with Crippen molar-refractivity contribution in [2.75, 3.05) is 7.11 Å². The summed E-state index contributed by atoms with van der Waals surface area (Å²) >= 11 is 0. The molecule has 7 heteroatoms. The molecule has 1 aromatic carbocycles. The molecule has 0 aliphatic rings. The third-order valence-corrected chi connectivity index (χ3v) is 3.21. The lowest BCUT2D eigenvalue weighted by atomic mass is 10.1. The van der Waals surface area contributed by atoms with Crippen LogP contribution in [0.3, 0.4) is 0 Å². The smallest absolute Gasteiger partial charge is 0.330 e. The van der Waals surface area contributed by atoms with Gasteiger partial charge in [-0.2, -0.15) is 4.98 Å². The third kappa shape index (κ3) is 4.38. The van der Waals surface area contributed by atoms with E-state index in [1.54, 1.807) is 13.8 Å². The number of ether oxygens (including phenoxy) is 1. The monoisotopic (exact) mass is 317 g/mol. The van der Waals surface area contributed by atoms with Gasteiger partial charge < -0.3 is 14.6 Å². The molecule has 0 atom stereocenters. The van der Waals surface area contributed by atoms with Crippen molar-refractivity contribution in [2.24, 2.45) is 0 Å². The first-order chi connectivity index (χ1) is 10.9. The summed E-state index contributed by atoms with van der Waals surface area (Å²) in [6.07, 6.45) is 0.430. The topological polar surface area (TPSA) is 94.3 Å². The van der Waals surface area contributed by atoms with Gasteiger partial charge in [-0.05, 0) is 13.8 Å². The summed E-state index contributed by atoms with van der Waals surface area (Å²) in [6.45, 7) is 3.16. The van der Waals surface area contributed by atoms with Gasteiger partial charge in [0.2, 0.25) is 17.6 Å². The van der Waals surface area contributed by atoms with E-state index in [0.717, 1.165) is 5.56 Å². The number of aryl methyl sites for hydroxylation is 1. The molecule has 7 nitrogen and oxygen atoms in total. The highest BCUT2D eigenvalue weighted by molar-refractivity contribution is 5.87. The summed E-state index contributed by atoms with van der Waals surface area (Å²) in [5.74, 6) is 0.0561. The van der Waals surface area contributed by atoms with E-state index in [2.05, 4.69) is 20.2 Å². The summed E-state index contributed by atoms with van der Waals surface area (Å²) in [5.41, 5.74) is -0.227. The molecule has 0 aliphatic carbocycles.